The predicted octanol–water partition coefficient (Wildman–Crippen LogP) is 2.18. The molecule has 0 radical (unpaired) electrons. The van der Waals surface area contributed by atoms with E-state index in [9.17, 15) is 14.0 Å². The molecular formula is C14H17FN2O3. The van der Waals surface area contributed by atoms with Gasteiger partial charge in [-0.3, -0.25) is 9.69 Å². The molecular weight excluding hydrogens is 263 g/mol. The van der Waals surface area contributed by atoms with Crippen molar-refractivity contribution in [2.24, 2.45) is 5.92 Å². The summed E-state index contributed by atoms with van der Waals surface area (Å²) in [5, 5.41) is 9.03. The van der Waals surface area contributed by atoms with Crippen molar-refractivity contribution in [2.75, 3.05) is 25.0 Å². The van der Waals surface area contributed by atoms with Crippen LogP contribution in [0.25, 0.3) is 0 Å². The van der Waals surface area contributed by atoms with Crippen molar-refractivity contribution in [3.8, 4) is 0 Å². The SMILES string of the molecule is CN(C(=O)N1CCC[C@@H](C(=O)O)C1)c1ccc(F)cc1. The number of carbonyl (C=O) groups excluding carboxylic acids is 1. The molecule has 108 valence electrons. The van der Waals surface area contributed by atoms with E-state index >= 15 is 0 Å². The number of benzene rings is 1. The van der Waals surface area contributed by atoms with Crippen LogP contribution in [0.3, 0.4) is 0 Å². The van der Waals surface area contributed by atoms with Gasteiger partial charge >= 0.3 is 12.0 Å². The van der Waals surface area contributed by atoms with Crippen LogP contribution in [-0.2, 0) is 4.79 Å². The van der Waals surface area contributed by atoms with E-state index in [0.717, 1.165) is 0 Å². The zero-order chi connectivity index (χ0) is 14.7. The molecule has 1 atom stereocenters. The molecule has 6 heteroatoms. The van der Waals surface area contributed by atoms with Crippen molar-refractivity contribution in [2.45, 2.75) is 12.8 Å². The summed E-state index contributed by atoms with van der Waals surface area (Å²) in [6.45, 7) is 0.772. The van der Waals surface area contributed by atoms with Crippen molar-refractivity contribution >= 4 is 17.7 Å². The van der Waals surface area contributed by atoms with Gasteiger partial charge in [0.25, 0.3) is 0 Å². The van der Waals surface area contributed by atoms with E-state index in [1.165, 1.54) is 34.1 Å². The van der Waals surface area contributed by atoms with Gasteiger partial charge in [0, 0.05) is 25.8 Å². The first-order valence-electron chi connectivity index (χ1n) is 6.50. The highest BCUT2D eigenvalue weighted by Crippen LogP contribution is 2.20. The molecule has 1 fully saturated rings. The number of hydrogen-bond acceptors (Lipinski definition) is 2. The first-order valence-corrected chi connectivity index (χ1v) is 6.50. The molecule has 1 N–H and O–H groups in total. The fraction of sp³-hybridized carbons (Fsp3) is 0.429. The number of carboxylic acids is 1. The minimum atomic E-state index is -0.869. The second kappa shape index (κ2) is 5.90. The molecule has 1 aromatic rings. The van der Waals surface area contributed by atoms with Gasteiger partial charge < -0.3 is 10.0 Å². The normalized spacial score (nSPS) is 18.7. The molecule has 5 nitrogen and oxygen atoms in total. The molecule has 2 amide bonds. The van der Waals surface area contributed by atoms with E-state index in [1.807, 2.05) is 0 Å². The fourth-order valence-corrected chi connectivity index (χ4v) is 2.34. The molecule has 1 aromatic carbocycles. The van der Waals surface area contributed by atoms with Gasteiger partial charge in [0.1, 0.15) is 5.82 Å². The van der Waals surface area contributed by atoms with Gasteiger partial charge in [0.05, 0.1) is 5.92 Å². The summed E-state index contributed by atoms with van der Waals surface area (Å²) in [6, 6.07) is 5.35. The van der Waals surface area contributed by atoms with Gasteiger partial charge in [-0.2, -0.15) is 0 Å². The van der Waals surface area contributed by atoms with Crippen LogP contribution >= 0.6 is 0 Å². The van der Waals surface area contributed by atoms with Crippen LogP contribution in [-0.4, -0.2) is 42.1 Å². The number of carbonyl (C=O) groups is 2. The van der Waals surface area contributed by atoms with E-state index in [0.29, 0.717) is 25.1 Å². The van der Waals surface area contributed by atoms with E-state index in [-0.39, 0.29) is 18.4 Å². The average Bonchev–Trinajstić information content (AvgIpc) is 2.46. The van der Waals surface area contributed by atoms with E-state index < -0.39 is 11.9 Å². The third-order valence-electron chi connectivity index (χ3n) is 3.54. The number of amides is 2. The molecule has 0 bridgehead atoms. The lowest BCUT2D eigenvalue weighted by Gasteiger charge is -2.33. The summed E-state index contributed by atoms with van der Waals surface area (Å²) in [5.74, 6) is -1.74. The number of hydrogen-bond donors (Lipinski definition) is 1. The zero-order valence-electron chi connectivity index (χ0n) is 11.3. The number of rotatable bonds is 2. The Balaban J connectivity index is 2.06. The Morgan fingerprint density at radius 2 is 2.00 bits per heavy atom. The number of halogens is 1. The summed E-state index contributed by atoms with van der Waals surface area (Å²) in [4.78, 5) is 26.3. The molecule has 0 aromatic heterocycles. The first kappa shape index (κ1) is 14.3. The lowest BCUT2D eigenvalue weighted by Crippen LogP contribution is -2.47. The molecule has 2 rings (SSSR count). The Morgan fingerprint density at radius 3 is 2.60 bits per heavy atom. The highest BCUT2D eigenvalue weighted by Gasteiger charge is 2.29. The quantitative estimate of drug-likeness (QED) is 0.903. The van der Waals surface area contributed by atoms with E-state index in [2.05, 4.69) is 0 Å². The van der Waals surface area contributed by atoms with Crippen molar-refractivity contribution in [3.63, 3.8) is 0 Å². The van der Waals surface area contributed by atoms with Crippen molar-refractivity contribution < 1.29 is 19.1 Å². The fourth-order valence-electron chi connectivity index (χ4n) is 2.34. The summed E-state index contributed by atoms with van der Waals surface area (Å²) in [6.07, 6.45) is 1.28. The summed E-state index contributed by atoms with van der Waals surface area (Å²) < 4.78 is 12.9. The molecule has 0 saturated carbocycles. The smallest absolute Gasteiger partial charge is 0.324 e. The predicted molar refractivity (Wildman–Crippen MR) is 72.1 cm³/mol. The zero-order valence-corrected chi connectivity index (χ0v) is 11.3. The monoisotopic (exact) mass is 280 g/mol. The second-order valence-electron chi connectivity index (χ2n) is 4.94. The van der Waals surface area contributed by atoms with Gasteiger partial charge in [-0.1, -0.05) is 0 Å². The minimum Gasteiger partial charge on any atom is -0.481 e. The van der Waals surface area contributed by atoms with Crippen LogP contribution < -0.4 is 4.90 Å². The van der Waals surface area contributed by atoms with Gasteiger partial charge in [0.2, 0.25) is 0 Å². The van der Waals surface area contributed by atoms with Crippen molar-refractivity contribution in [1.29, 1.82) is 0 Å². The van der Waals surface area contributed by atoms with Gasteiger partial charge in [-0.05, 0) is 37.1 Å². The number of aliphatic carboxylic acids is 1. The van der Waals surface area contributed by atoms with Gasteiger partial charge in [-0.25, -0.2) is 9.18 Å². The first-order chi connectivity index (χ1) is 9.49. The van der Waals surface area contributed by atoms with Crippen LogP contribution in [0.2, 0.25) is 0 Å². The minimum absolute atomic E-state index is 0.222. The molecule has 1 aliphatic heterocycles. The van der Waals surface area contributed by atoms with E-state index in [4.69, 9.17) is 5.11 Å². The second-order valence-corrected chi connectivity index (χ2v) is 4.94. The van der Waals surface area contributed by atoms with Crippen LogP contribution in [0, 0.1) is 11.7 Å². The van der Waals surface area contributed by atoms with Crippen molar-refractivity contribution in [1.82, 2.24) is 4.90 Å². The molecule has 20 heavy (non-hydrogen) atoms. The lowest BCUT2D eigenvalue weighted by atomic mass is 9.99. The third kappa shape index (κ3) is 3.07. The standard InChI is InChI=1S/C14H17FN2O3/c1-16(12-6-4-11(15)5-7-12)14(20)17-8-2-3-10(9-17)13(18)19/h4-7,10H,2-3,8-9H2,1H3,(H,18,19)/t10-/m1/s1. The highest BCUT2D eigenvalue weighted by atomic mass is 19.1. The lowest BCUT2D eigenvalue weighted by molar-refractivity contribution is -0.143. The van der Waals surface area contributed by atoms with Crippen LogP contribution in [0.15, 0.2) is 24.3 Å². The molecule has 0 unspecified atom stereocenters. The molecule has 1 heterocycles. The number of likely N-dealkylation sites (tertiary alicyclic amines) is 1. The summed E-state index contributed by atoms with van der Waals surface area (Å²) in [7, 11) is 1.60. The molecule has 1 saturated heterocycles. The topological polar surface area (TPSA) is 60.9 Å². The highest BCUT2D eigenvalue weighted by molar-refractivity contribution is 5.91. The molecule has 0 spiro atoms. The largest absolute Gasteiger partial charge is 0.481 e. The Morgan fingerprint density at radius 1 is 1.35 bits per heavy atom. The number of anilines is 1. The number of carboxylic acid groups (broad SMARTS) is 1. The van der Waals surface area contributed by atoms with E-state index in [1.54, 1.807) is 7.05 Å². The summed E-state index contributed by atoms with van der Waals surface area (Å²) >= 11 is 0. The maximum atomic E-state index is 12.9. The Hall–Kier alpha value is -2.11. The van der Waals surface area contributed by atoms with Crippen LogP contribution in [0.1, 0.15) is 12.8 Å². The summed E-state index contributed by atoms with van der Waals surface area (Å²) in [5.41, 5.74) is 0.578. The third-order valence-corrected chi connectivity index (χ3v) is 3.54. The molecule has 1 aliphatic rings. The number of piperidine rings is 1. The van der Waals surface area contributed by atoms with Gasteiger partial charge in [0.15, 0.2) is 0 Å². The van der Waals surface area contributed by atoms with Crippen LogP contribution in [0.5, 0.6) is 0 Å². The van der Waals surface area contributed by atoms with Gasteiger partial charge in [-0.15, -0.1) is 0 Å². The Kier molecular flexibility index (Phi) is 4.22. The number of urea groups is 1. The average molecular weight is 280 g/mol. The van der Waals surface area contributed by atoms with Crippen molar-refractivity contribution in [3.05, 3.63) is 30.1 Å². The Labute approximate surface area is 116 Å². The number of nitrogens with zero attached hydrogens (tertiary/aromatic N) is 2. The van der Waals surface area contributed by atoms with Crippen LogP contribution in [0.4, 0.5) is 14.9 Å². The maximum absolute atomic E-state index is 12.9. The Bertz CT molecular complexity index is 504. The molecule has 0 aliphatic carbocycles. The maximum Gasteiger partial charge on any atom is 0.324 e.